The van der Waals surface area contributed by atoms with Crippen molar-refractivity contribution in [2.24, 2.45) is 7.05 Å². The van der Waals surface area contributed by atoms with Gasteiger partial charge in [-0.25, -0.2) is 0 Å². The van der Waals surface area contributed by atoms with E-state index < -0.39 is 0 Å². The average Bonchev–Trinajstić information content (AvgIpc) is 2.87. The third-order valence-corrected chi connectivity index (χ3v) is 4.54. The SMILES string of the molecule is COc1ccc(C(=O)NCCc2c(C)n(C)c3ccccc23)cc1. The van der Waals surface area contributed by atoms with E-state index >= 15 is 0 Å². The molecule has 0 fully saturated rings. The minimum atomic E-state index is -0.0597. The molecule has 24 heavy (non-hydrogen) atoms. The van der Waals surface area contributed by atoms with Gasteiger partial charge in [-0.15, -0.1) is 0 Å². The molecule has 0 saturated heterocycles. The first kappa shape index (κ1) is 16.1. The van der Waals surface area contributed by atoms with E-state index in [1.165, 1.54) is 22.2 Å². The van der Waals surface area contributed by atoms with Gasteiger partial charge in [0.2, 0.25) is 0 Å². The number of aromatic nitrogens is 1. The molecule has 0 atom stereocenters. The number of rotatable bonds is 5. The van der Waals surface area contributed by atoms with Crippen LogP contribution in [0.3, 0.4) is 0 Å². The Morgan fingerprint density at radius 3 is 2.54 bits per heavy atom. The van der Waals surface area contributed by atoms with Gasteiger partial charge < -0.3 is 14.6 Å². The molecular formula is C20H22N2O2. The van der Waals surface area contributed by atoms with Gasteiger partial charge >= 0.3 is 0 Å². The first-order valence-electron chi connectivity index (χ1n) is 8.07. The number of fused-ring (bicyclic) bond motifs is 1. The number of nitrogens with one attached hydrogen (secondary N) is 1. The van der Waals surface area contributed by atoms with Gasteiger partial charge in [-0.1, -0.05) is 18.2 Å². The fraction of sp³-hybridized carbons (Fsp3) is 0.250. The van der Waals surface area contributed by atoms with Crippen molar-refractivity contribution in [3.8, 4) is 5.75 Å². The second kappa shape index (κ2) is 6.79. The summed E-state index contributed by atoms with van der Waals surface area (Å²) in [4.78, 5) is 12.2. The van der Waals surface area contributed by atoms with Crippen molar-refractivity contribution >= 4 is 16.8 Å². The molecule has 1 heterocycles. The molecule has 0 bridgehead atoms. The standard InChI is InChI=1S/C20H22N2O2/c1-14-17(18-6-4-5-7-19(18)22(14)2)12-13-21-20(23)15-8-10-16(24-3)11-9-15/h4-11H,12-13H2,1-3H3,(H,21,23). The summed E-state index contributed by atoms with van der Waals surface area (Å²) in [6.07, 6.45) is 0.815. The summed E-state index contributed by atoms with van der Waals surface area (Å²) in [6.45, 7) is 2.74. The topological polar surface area (TPSA) is 43.3 Å². The van der Waals surface area contributed by atoms with E-state index in [1.807, 2.05) is 0 Å². The van der Waals surface area contributed by atoms with Crippen LogP contribution in [0.4, 0.5) is 0 Å². The zero-order valence-electron chi connectivity index (χ0n) is 14.3. The third-order valence-electron chi connectivity index (χ3n) is 4.54. The molecule has 0 aliphatic rings. The first-order chi connectivity index (χ1) is 11.6. The fourth-order valence-electron chi connectivity index (χ4n) is 3.06. The third kappa shape index (κ3) is 3.00. The molecule has 3 aromatic rings. The van der Waals surface area contributed by atoms with E-state index in [1.54, 1.807) is 31.4 Å². The van der Waals surface area contributed by atoms with E-state index in [9.17, 15) is 4.79 Å². The molecule has 0 spiro atoms. The van der Waals surface area contributed by atoms with Crippen molar-refractivity contribution in [1.82, 2.24) is 9.88 Å². The maximum atomic E-state index is 12.2. The molecule has 3 rings (SSSR count). The molecule has 4 nitrogen and oxygen atoms in total. The number of benzene rings is 2. The summed E-state index contributed by atoms with van der Waals surface area (Å²) in [5.74, 6) is 0.688. The first-order valence-corrected chi connectivity index (χ1v) is 8.07. The van der Waals surface area contributed by atoms with Gasteiger partial charge in [0.05, 0.1) is 7.11 Å². The zero-order chi connectivity index (χ0) is 17.1. The summed E-state index contributed by atoms with van der Waals surface area (Å²) in [5.41, 5.74) is 4.41. The molecule has 124 valence electrons. The summed E-state index contributed by atoms with van der Waals surface area (Å²) >= 11 is 0. The zero-order valence-corrected chi connectivity index (χ0v) is 14.3. The lowest BCUT2D eigenvalue weighted by Crippen LogP contribution is -2.25. The van der Waals surface area contributed by atoms with Crippen LogP contribution in [0, 0.1) is 6.92 Å². The molecule has 0 radical (unpaired) electrons. The van der Waals surface area contributed by atoms with Crippen molar-refractivity contribution in [3.05, 3.63) is 65.4 Å². The highest BCUT2D eigenvalue weighted by atomic mass is 16.5. The molecule has 0 aliphatic carbocycles. The normalized spacial score (nSPS) is 10.8. The summed E-state index contributed by atoms with van der Waals surface area (Å²) in [5, 5.41) is 4.26. The van der Waals surface area contributed by atoms with Crippen molar-refractivity contribution in [1.29, 1.82) is 0 Å². The predicted molar refractivity (Wildman–Crippen MR) is 96.7 cm³/mol. The maximum absolute atomic E-state index is 12.2. The Labute approximate surface area is 142 Å². The Morgan fingerprint density at radius 1 is 1.12 bits per heavy atom. The number of ether oxygens (including phenoxy) is 1. The van der Waals surface area contributed by atoms with Gasteiger partial charge in [0.1, 0.15) is 5.75 Å². The van der Waals surface area contributed by atoms with Crippen molar-refractivity contribution in [2.75, 3.05) is 13.7 Å². The molecule has 1 aromatic heterocycles. The van der Waals surface area contributed by atoms with Crippen LogP contribution in [0.5, 0.6) is 5.75 Å². The second-order valence-corrected chi connectivity index (χ2v) is 5.87. The summed E-state index contributed by atoms with van der Waals surface area (Å²) < 4.78 is 7.31. The van der Waals surface area contributed by atoms with Crippen LogP contribution in [0.1, 0.15) is 21.6 Å². The predicted octanol–water partition coefficient (Wildman–Crippen LogP) is 3.47. The van der Waals surface area contributed by atoms with E-state index in [0.717, 1.165) is 12.2 Å². The number of para-hydroxylation sites is 1. The lowest BCUT2D eigenvalue weighted by Gasteiger charge is -2.07. The van der Waals surface area contributed by atoms with Crippen LogP contribution in [0.15, 0.2) is 48.5 Å². The Kier molecular flexibility index (Phi) is 4.56. The largest absolute Gasteiger partial charge is 0.497 e. The smallest absolute Gasteiger partial charge is 0.251 e. The van der Waals surface area contributed by atoms with Gasteiger partial charge in [-0.3, -0.25) is 4.79 Å². The van der Waals surface area contributed by atoms with Crippen LogP contribution in [0.2, 0.25) is 0 Å². The Bertz CT molecular complexity index is 863. The number of nitrogens with zero attached hydrogens (tertiary/aromatic N) is 1. The van der Waals surface area contributed by atoms with Gasteiger partial charge in [-0.05, 0) is 49.2 Å². The number of aryl methyl sites for hydroxylation is 1. The maximum Gasteiger partial charge on any atom is 0.251 e. The lowest BCUT2D eigenvalue weighted by molar-refractivity contribution is 0.0954. The van der Waals surface area contributed by atoms with Crippen LogP contribution in [-0.4, -0.2) is 24.1 Å². The van der Waals surface area contributed by atoms with E-state index in [-0.39, 0.29) is 5.91 Å². The molecular weight excluding hydrogens is 300 g/mol. The molecule has 0 unspecified atom stereocenters. The Morgan fingerprint density at radius 2 is 1.83 bits per heavy atom. The monoisotopic (exact) mass is 322 g/mol. The Hall–Kier alpha value is -2.75. The number of hydrogen-bond donors (Lipinski definition) is 1. The molecule has 0 aliphatic heterocycles. The highest BCUT2D eigenvalue weighted by Crippen LogP contribution is 2.24. The van der Waals surface area contributed by atoms with Gasteiger partial charge in [-0.2, -0.15) is 0 Å². The van der Waals surface area contributed by atoms with Crippen LogP contribution >= 0.6 is 0 Å². The average molecular weight is 322 g/mol. The number of methoxy groups -OCH3 is 1. The number of hydrogen-bond acceptors (Lipinski definition) is 2. The van der Waals surface area contributed by atoms with Crippen molar-refractivity contribution in [3.63, 3.8) is 0 Å². The molecule has 2 aromatic carbocycles. The van der Waals surface area contributed by atoms with Crippen LogP contribution in [0.25, 0.3) is 10.9 Å². The minimum absolute atomic E-state index is 0.0597. The van der Waals surface area contributed by atoms with Crippen molar-refractivity contribution < 1.29 is 9.53 Å². The van der Waals surface area contributed by atoms with Gasteiger partial charge in [0.15, 0.2) is 0 Å². The van der Waals surface area contributed by atoms with E-state index in [4.69, 9.17) is 4.74 Å². The quantitative estimate of drug-likeness (QED) is 0.781. The minimum Gasteiger partial charge on any atom is -0.497 e. The lowest BCUT2D eigenvalue weighted by atomic mass is 10.1. The molecule has 1 N–H and O–H groups in total. The number of carbonyl (C=O) groups excluding carboxylic acids is 1. The van der Waals surface area contributed by atoms with Crippen LogP contribution < -0.4 is 10.1 Å². The van der Waals surface area contributed by atoms with Gasteiger partial charge in [0.25, 0.3) is 5.91 Å². The van der Waals surface area contributed by atoms with E-state index in [2.05, 4.69) is 48.1 Å². The van der Waals surface area contributed by atoms with E-state index in [0.29, 0.717) is 12.1 Å². The Balaban J connectivity index is 1.68. The van der Waals surface area contributed by atoms with Crippen LogP contribution in [-0.2, 0) is 13.5 Å². The summed E-state index contributed by atoms with van der Waals surface area (Å²) in [6, 6.07) is 15.5. The molecule has 1 amide bonds. The number of carbonyl (C=O) groups is 1. The number of amides is 1. The second-order valence-electron chi connectivity index (χ2n) is 5.87. The summed E-state index contributed by atoms with van der Waals surface area (Å²) in [7, 11) is 3.69. The highest BCUT2D eigenvalue weighted by Gasteiger charge is 2.12. The highest BCUT2D eigenvalue weighted by molar-refractivity contribution is 5.94. The van der Waals surface area contributed by atoms with Crippen molar-refractivity contribution in [2.45, 2.75) is 13.3 Å². The fourth-order valence-corrected chi connectivity index (χ4v) is 3.06. The molecule has 0 saturated carbocycles. The molecule has 4 heteroatoms. The van der Waals surface area contributed by atoms with Gasteiger partial charge in [0, 0.05) is 35.8 Å².